The number of carbonyl (C=O) groups excluding carboxylic acids is 2. The fourth-order valence-electron chi connectivity index (χ4n) is 7.71. The summed E-state index contributed by atoms with van der Waals surface area (Å²) >= 11 is 0. The monoisotopic (exact) mass is 376 g/mol. The van der Waals surface area contributed by atoms with Gasteiger partial charge in [-0.15, -0.1) is 0 Å². The van der Waals surface area contributed by atoms with Crippen molar-refractivity contribution < 1.29 is 19.4 Å². The zero-order valence-electron chi connectivity index (χ0n) is 17.2. The summed E-state index contributed by atoms with van der Waals surface area (Å²) in [5, 5.41) is 10.6. The van der Waals surface area contributed by atoms with Crippen molar-refractivity contribution in [3.05, 3.63) is 0 Å². The molecule has 152 valence electrons. The molecule has 0 aromatic heterocycles. The van der Waals surface area contributed by atoms with Crippen LogP contribution in [0.15, 0.2) is 0 Å². The van der Waals surface area contributed by atoms with Gasteiger partial charge in [-0.2, -0.15) is 0 Å². The highest BCUT2D eigenvalue weighted by molar-refractivity contribution is 5.99. The number of aliphatic hydroxyl groups excluding tert-OH is 1. The summed E-state index contributed by atoms with van der Waals surface area (Å²) in [6.07, 6.45) is 8.70. The van der Waals surface area contributed by atoms with Gasteiger partial charge in [-0.05, 0) is 92.8 Å². The molecule has 4 aliphatic rings. The zero-order chi connectivity index (χ0) is 19.4. The summed E-state index contributed by atoms with van der Waals surface area (Å²) < 4.78 is 5.19. The van der Waals surface area contributed by atoms with Crippen molar-refractivity contribution in [3.8, 4) is 0 Å². The Labute approximate surface area is 163 Å². The first-order valence-electron chi connectivity index (χ1n) is 11.2. The Morgan fingerprint density at radius 3 is 2.44 bits per heavy atom. The van der Waals surface area contributed by atoms with Crippen LogP contribution in [0.5, 0.6) is 0 Å². The number of carbonyl (C=O) groups is 2. The quantitative estimate of drug-likeness (QED) is 0.581. The third-order valence-corrected chi connectivity index (χ3v) is 9.21. The molecule has 0 spiro atoms. The van der Waals surface area contributed by atoms with Crippen LogP contribution in [0, 0.1) is 40.4 Å². The average Bonchev–Trinajstić information content (AvgIpc) is 2.83. The number of rotatable bonds is 2. The summed E-state index contributed by atoms with van der Waals surface area (Å²) in [5.74, 6) is 1.75. The van der Waals surface area contributed by atoms with E-state index in [-0.39, 0.29) is 28.7 Å². The first-order valence-corrected chi connectivity index (χ1v) is 11.2. The number of ketones is 1. The number of aliphatic hydroxyl groups is 1. The van der Waals surface area contributed by atoms with Gasteiger partial charge in [0.15, 0.2) is 0 Å². The van der Waals surface area contributed by atoms with Gasteiger partial charge in [-0.1, -0.05) is 13.8 Å². The minimum atomic E-state index is -0.548. The minimum absolute atomic E-state index is 0.0322. The normalized spacial score (nSPS) is 49.6. The zero-order valence-corrected chi connectivity index (χ0v) is 17.2. The topological polar surface area (TPSA) is 63.6 Å². The van der Waals surface area contributed by atoms with Crippen LogP contribution in [0.1, 0.15) is 78.6 Å². The van der Waals surface area contributed by atoms with Crippen LogP contribution in [0.4, 0.5) is 0 Å². The van der Waals surface area contributed by atoms with Crippen LogP contribution in [-0.2, 0) is 14.3 Å². The van der Waals surface area contributed by atoms with E-state index in [0.717, 1.165) is 32.1 Å². The predicted molar refractivity (Wildman–Crippen MR) is 103 cm³/mol. The molecule has 4 saturated carbocycles. The largest absolute Gasteiger partial charge is 0.465 e. The highest BCUT2D eigenvalue weighted by Gasteiger charge is 2.59. The van der Waals surface area contributed by atoms with E-state index in [0.29, 0.717) is 43.1 Å². The molecule has 0 bridgehead atoms. The van der Waals surface area contributed by atoms with Gasteiger partial charge in [-0.3, -0.25) is 9.59 Å². The SMILES string of the molecule is CCOC(=O)C1CC[C@@H]2C3CC[C@@]4(C)C(CC[C@@H]4O)C3CC[C@]2(C)CC1=O. The Kier molecular flexibility index (Phi) is 4.93. The summed E-state index contributed by atoms with van der Waals surface area (Å²) in [7, 11) is 0. The lowest BCUT2D eigenvalue weighted by Crippen LogP contribution is -2.51. The van der Waals surface area contributed by atoms with E-state index in [1.165, 1.54) is 12.8 Å². The molecule has 4 heteroatoms. The fraction of sp³-hybridized carbons (Fsp3) is 0.913. The van der Waals surface area contributed by atoms with Crippen molar-refractivity contribution in [2.45, 2.75) is 84.7 Å². The van der Waals surface area contributed by atoms with E-state index in [1.807, 2.05) is 0 Å². The summed E-state index contributed by atoms with van der Waals surface area (Å²) in [6, 6.07) is 0. The van der Waals surface area contributed by atoms with E-state index in [2.05, 4.69) is 13.8 Å². The van der Waals surface area contributed by atoms with Gasteiger partial charge in [-0.25, -0.2) is 0 Å². The second-order valence-corrected chi connectivity index (χ2v) is 10.4. The molecule has 0 amide bonds. The summed E-state index contributed by atoms with van der Waals surface area (Å²) in [4.78, 5) is 25.2. The van der Waals surface area contributed by atoms with Gasteiger partial charge in [0.25, 0.3) is 0 Å². The molecular formula is C23H36O4. The lowest BCUT2D eigenvalue weighted by molar-refractivity contribution is -0.152. The molecule has 8 atom stereocenters. The predicted octanol–water partition coefficient (Wildman–Crippen LogP) is 4.14. The number of fused-ring (bicyclic) bond motifs is 5. The molecule has 4 unspecified atom stereocenters. The summed E-state index contributed by atoms with van der Waals surface area (Å²) in [6.45, 7) is 6.76. The number of hydrogen-bond donors (Lipinski definition) is 1. The van der Waals surface area contributed by atoms with Crippen LogP contribution in [-0.4, -0.2) is 29.6 Å². The molecule has 1 N–H and O–H groups in total. The Balaban J connectivity index is 1.57. The molecule has 4 aliphatic carbocycles. The molecule has 0 aromatic rings. The first kappa shape index (κ1) is 19.4. The van der Waals surface area contributed by atoms with Crippen LogP contribution < -0.4 is 0 Å². The molecule has 0 saturated heterocycles. The van der Waals surface area contributed by atoms with Gasteiger partial charge >= 0.3 is 5.97 Å². The van der Waals surface area contributed by atoms with E-state index in [1.54, 1.807) is 6.92 Å². The van der Waals surface area contributed by atoms with Crippen LogP contribution in [0.2, 0.25) is 0 Å². The first-order chi connectivity index (χ1) is 12.8. The maximum absolute atomic E-state index is 12.9. The Hall–Kier alpha value is -0.900. The minimum Gasteiger partial charge on any atom is -0.465 e. The lowest BCUT2D eigenvalue weighted by Gasteiger charge is -2.57. The lowest BCUT2D eigenvalue weighted by atomic mass is 9.48. The van der Waals surface area contributed by atoms with E-state index in [9.17, 15) is 14.7 Å². The molecule has 4 fully saturated rings. The second-order valence-electron chi connectivity index (χ2n) is 10.4. The molecule has 0 radical (unpaired) electrons. The number of esters is 1. The maximum Gasteiger partial charge on any atom is 0.316 e. The van der Waals surface area contributed by atoms with Crippen LogP contribution in [0.3, 0.4) is 0 Å². The molecule has 0 aliphatic heterocycles. The third kappa shape index (κ3) is 2.97. The van der Waals surface area contributed by atoms with Crippen molar-refractivity contribution >= 4 is 11.8 Å². The van der Waals surface area contributed by atoms with Crippen molar-refractivity contribution in [1.82, 2.24) is 0 Å². The number of ether oxygens (including phenoxy) is 1. The fourth-order valence-corrected chi connectivity index (χ4v) is 7.71. The molecule has 4 nitrogen and oxygen atoms in total. The van der Waals surface area contributed by atoms with Crippen LogP contribution in [0.25, 0.3) is 0 Å². The molecular weight excluding hydrogens is 340 g/mol. The van der Waals surface area contributed by atoms with Crippen molar-refractivity contribution in [2.24, 2.45) is 40.4 Å². The van der Waals surface area contributed by atoms with Crippen molar-refractivity contribution in [3.63, 3.8) is 0 Å². The molecule has 0 aromatic carbocycles. The van der Waals surface area contributed by atoms with Gasteiger partial charge < -0.3 is 9.84 Å². The van der Waals surface area contributed by atoms with E-state index >= 15 is 0 Å². The average molecular weight is 377 g/mol. The highest BCUT2D eigenvalue weighted by Crippen LogP contribution is 2.64. The number of Topliss-reactive ketones (excluding diaryl/α,β-unsaturated/α-hetero) is 1. The molecule has 0 heterocycles. The summed E-state index contributed by atoms with van der Waals surface area (Å²) in [5.41, 5.74) is 0.132. The maximum atomic E-state index is 12.9. The Morgan fingerprint density at radius 1 is 1.04 bits per heavy atom. The van der Waals surface area contributed by atoms with E-state index < -0.39 is 5.92 Å². The standard InChI is InChI=1S/C23H36O4/c1-4-27-21(26)16-5-6-17-14-10-12-23(3)18(7-8-20(23)25)15(14)9-11-22(17,2)13-19(16)24/h14-18,20,25H,4-13H2,1-3H3/t14?,15?,16?,17-,18?,20+,22-,23+/m1/s1. The Morgan fingerprint density at radius 2 is 1.70 bits per heavy atom. The molecule has 4 rings (SSSR count). The molecule has 27 heavy (non-hydrogen) atoms. The number of hydrogen-bond acceptors (Lipinski definition) is 4. The second kappa shape index (κ2) is 6.86. The third-order valence-electron chi connectivity index (χ3n) is 9.21. The smallest absolute Gasteiger partial charge is 0.316 e. The van der Waals surface area contributed by atoms with Gasteiger partial charge in [0.2, 0.25) is 0 Å². The van der Waals surface area contributed by atoms with Gasteiger partial charge in [0.05, 0.1) is 12.7 Å². The Bertz CT molecular complexity index is 615. The van der Waals surface area contributed by atoms with E-state index in [4.69, 9.17) is 4.74 Å². The van der Waals surface area contributed by atoms with Gasteiger partial charge in [0.1, 0.15) is 11.7 Å². The van der Waals surface area contributed by atoms with Crippen molar-refractivity contribution in [2.75, 3.05) is 6.61 Å². The highest BCUT2D eigenvalue weighted by atomic mass is 16.5. The van der Waals surface area contributed by atoms with Crippen molar-refractivity contribution in [1.29, 1.82) is 0 Å². The van der Waals surface area contributed by atoms with Crippen LogP contribution >= 0.6 is 0 Å². The van der Waals surface area contributed by atoms with Gasteiger partial charge in [0, 0.05) is 6.42 Å².